The normalized spacial score (nSPS) is 21.1. The maximum Gasteiger partial charge on any atom is 0.226 e. The van der Waals surface area contributed by atoms with Crippen LogP contribution in [0, 0.1) is 23.0 Å². The van der Waals surface area contributed by atoms with Crippen LogP contribution >= 0.6 is 11.3 Å². The van der Waals surface area contributed by atoms with Crippen molar-refractivity contribution in [2.75, 3.05) is 44.0 Å². The SMILES string of the molecule is COC[C@H]1CCCN1[C@H]1CCN(c2ncc3c4c(c(-c5ncc(F)c6sc(N)c(C#N)c56)c(F)c3n2)COC4)C1. The number of nitriles is 1. The van der Waals surface area contributed by atoms with Crippen molar-refractivity contribution in [2.45, 2.75) is 44.6 Å². The van der Waals surface area contributed by atoms with Gasteiger partial charge in [-0.05, 0) is 36.9 Å². The number of benzene rings is 1. The predicted octanol–water partition coefficient (Wildman–Crippen LogP) is 4.36. The number of ether oxygens (including phenoxy) is 2. The Balaban J connectivity index is 1.33. The summed E-state index contributed by atoms with van der Waals surface area (Å²) in [6, 6.07) is 2.82. The fourth-order valence-corrected chi connectivity index (χ4v) is 7.52. The fraction of sp³-hybridized carbons (Fsp3) is 0.429. The molecule has 0 unspecified atom stereocenters. The first-order valence-corrected chi connectivity index (χ1v) is 14.2. The molecule has 2 fully saturated rings. The van der Waals surface area contributed by atoms with Crippen molar-refractivity contribution in [3.63, 3.8) is 0 Å². The summed E-state index contributed by atoms with van der Waals surface area (Å²) in [5.74, 6) is -0.728. The van der Waals surface area contributed by atoms with Crippen LogP contribution in [0.5, 0.6) is 0 Å². The molecule has 0 radical (unpaired) electrons. The first-order chi connectivity index (χ1) is 19.5. The summed E-state index contributed by atoms with van der Waals surface area (Å²) < 4.78 is 42.6. The van der Waals surface area contributed by atoms with Crippen LogP contribution in [-0.2, 0) is 22.7 Å². The molecule has 7 rings (SSSR count). The van der Waals surface area contributed by atoms with E-state index in [0.29, 0.717) is 29.0 Å². The Kier molecular flexibility index (Phi) is 6.27. The van der Waals surface area contributed by atoms with Gasteiger partial charge in [-0.15, -0.1) is 11.3 Å². The van der Waals surface area contributed by atoms with E-state index >= 15 is 4.39 Å². The summed E-state index contributed by atoms with van der Waals surface area (Å²) >= 11 is 0.957. The van der Waals surface area contributed by atoms with Gasteiger partial charge in [0, 0.05) is 54.8 Å². The highest BCUT2D eigenvalue weighted by Crippen LogP contribution is 2.45. The minimum atomic E-state index is -0.606. The molecule has 12 heteroatoms. The number of hydrogen-bond donors (Lipinski definition) is 1. The third-order valence-electron chi connectivity index (χ3n) is 8.43. The van der Waals surface area contributed by atoms with Crippen molar-refractivity contribution >= 4 is 43.3 Å². The zero-order valence-electron chi connectivity index (χ0n) is 21.9. The number of rotatable bonds is 5. The molecular formula is C28H27F2N7O2S. The first-order valence-electron chi connectivity index (χ1n) is 13.3. The molecule has 206 valence electrons. The van der Waals surface area contributed by atoms with Crippen LogP contribution in [0.25, 0.3) is 32.2 Å². The third kappa shape index (κ3) is 3.83. The molecule has 3 aliphatic heterocycles. The number of anilines is 2. The lowest BCUT2D eigenvalue weighted by Gasteiger charge is -2.30. The lowest BCUT2D eigenvalue weighted by atomic mass is 9.94. The zero-order valence-corrected chi connectivity index (χ0v) is 22.7. The molecule has 0 bridgehead atoms. The Morgan fingerprint density at radius 2 is 2.05 bits per heavy atom. The lowest BCUT2D eigenvalue weighted by molar-refractivity contribution is 0.0943. The van der Waals surface area contributed by atoms with Crippen molar-refractivity contribution in [1.82, 2.24) is 19.9 Å². The summed E-state index contributed by atoms with van der Waals surface area (Å²) in [4.78, 5) is 18.3. The molecule has 0 saturated carbocycles. The van der Waals surface area contributed by atoms with Crippen LogP contribution < -0.4 is 10.6 Å². The minimum absolute atomic E-state index is 0.0920. The number of halogens is 2. The van der Waals surface area contributed by atoms with Gasteiger partial charge in [0.1, 0.15) is 16.6 Å². The Labute approximate surface area is 233 Å². The molecule has 40 heavy (non-hydrogen) atoms. The number of thiophene rings is 1. The van der Waals surface area contributed by atoms with Gasteiger partial charge in [0.05, 0.1) is 42.0 Å². The van der Waals surface area contributed by atoms with Crippen molar-refractivity contribution < 1.29 is 18.3 Å². The summed E-state index contributed by atoms with van der Waals surface area (Å²) in [6.07, 6.45) is 5.98. The van der Waals surface area contributed by atoms with E-state index in [0.717, 1.165) is 68.6 Å². The van der Waals surface area contributed by atoms with Crippen molar-refractivity contribution in [1.29, 1.82) is 5.26 Å². The van der Waals surface area contributed by atoms with E-state index in [9.17, 15) is 9.65 Å². The minimum Gasteiger partial charge on any atom is -0.389 e. The van der Waals surface area contributed by atoms with Crippen LogP contribution in [0.1, 0.15) is 36.0 Å². The largest absolute Gasteiger partial charge is 0.389 e. The molecule has 6 heterocycles. The first kappa shape index (κ1) is 25.5. The summed E-state index contributed by atoms with van der Waals surface area (Å²) in [6.45, 7) is 3.73. The van der Waals surface area contributed by atoms with Gasteiger partial charge in [-0.25, -0.2) is 18.7 Å². The molecule has 1 aromatic carbocycles. The Hall–Kier alpha value is -3.50. The summed E-state index contributed by atoms with van der Waals surface area (Å²) in [5, 5.41) is 10.7. The molecule has 2 saturated heterocycles. The van der Waals surface area contributed by atoms with Crippen LogP contribution in [0.15, 0.2) is 12.4 Å². The van der Waals surface area contributed by atoms with Crippen molar-refractivity contribution in [3.8, 4) is 17.3 Å². The number of pyridine rings is 1. The third-order valence-corrected chi connectivity index (χ3v) is 9.46. The second-order valence-corrected chi connectivity index (χ2v) is 11.6. The molecule has 4 aromatic rings. The smallest absolute Gasteiger partial charge is 0.226 e. The van der Waals surface area contributed by atoms with Crippen LogP contribution in [-0.4, -0.2) is 65.3 Å². The number of nitrogens with two attached hydrogens (primary N) is 1. The number of aromatic nitrogens is 3. The zero-order chi connectivity index (χ0) is 27.5. The fourth-order valence-electron chi connectivity index (χ4n) is 6.60. The van der Waals surface area contributed by atoms with E-state index in [4.69, 9.17) is 20.2 Å². The summed E-state index contributed by atoms with van der Waals surface area (Å²) in [5.41, 5.74) is 8.01. The van der Waals surface area contributed by atoms with E-state index in [1.54, 1.807) is 13.3 Å². The number of likely N-dealkylation sites (tertiary alicyclic amines) is 1. The standard InChI is InChI=1S/C28H27F2N7O2S/c1-38-11-15-3-2-5-37(15)14-4-6-36(10-14)28-34-8-17-18-12-39-13-19(18)21(23(30)24(17)35-28)25-22-16(7-31)27(32)40-26(22)20(29)9-33-25/h8-9,14-15H,2-6,10-13,32H2,1H3/t14-,15+/m0/s1. The van der Waals surface area contributed by atoms with Gasteiger partial charge >= 0.3 is 0 Å². The number of hydrogen-bond acceptors (Lipinski definition) is 10. The van der Waals surface area contributed by atoms with Gasteiger partial charge in [0.15, 0.2) is 11.6 Å². The van der Waals surface area contributed by atoms with Crippen molar-refractivity contribution in [2.24, 2.45) is 0 Å². The average molecular weight is 564 g/mol. The van der Waals surface area contributed by atoms with Crippen molar-refractivity contribution in [3.05, 3.63) is 40.7 Å². The lowest BCUT2D eigenvalue weighted by Crippen LogP contribution is -2.42. The highest BCUT2D eigenvalue weighted by molar-refractivity contribution is 7.23. The molecule has 0 amide bonds. The second-order valence-electron chi connectivity index (χ2n) is 10.6. The number of methoxy groups -OCH3 is 1. The Bertz CT molecular complexity index is 1700. The number of nitrogens with zero attached hydrogens (tertiary/aromatic N) is 6. The van der Waals surface area contributed by atoms with Gasteiger partial charge in [-0.1, -0.05) is 0 Å². The van der Waals surface area contributed by atoms with Gasteiger partial charge < -0.3 is 20.1 Å². The van der Waals surface area contributed by atoms with Gasteiger partial charge in [-0.3, -0.25) is 9.88 Å². The quantitative estimate of drug-likeness (QED) is 0.378. The van der Waals surface area contributed by atoms with E-state index in [1.165, 1.54) is 0 Å². The monoisotopic (exact) mass is 563 g/mol. The Morgan fingerprint density at radius 3 is 2.88 bits per heavy atom. The number of fused-ring (bicyclic) bond motifs is 4. The summed E-state index contributed by atoms with van der Waals surface area (Å²) in [7, 11) is 1.74. The average Bonchev–Trinajstić information content (AvgIpc) is 3.76. The van der Waals surface area contributed by atoms with E-state index in [-0.39, 0.29) is 50.6 Å². The highest BCUT2D eigenvalue weighted by atomic mass is 32.1. The molecule has 3 aliphatic rings. The van der Waals surface area contributed by atoms with Crippen LogP contribution in [0.4, 0.5) is 19.7 Å². The highest BCUT2D eigenvalue weighted by Gasteiger charge is 2.36. The molecule has 0 spiro atoms. The van der Waals surface area contributed by atoms with E-state index in [1.807, 2.05) is 6.07 Å². The van der Waals surface area contributed by atoms with Crippen LogP contribution in [0.3, 0.4) is 0 Å². The van der Waals surface area contributed by atoms with E-state index in [2.05, 4.69) is 19.8 Å². The van der Waals surface area contributed by atoms with E-state index < -0.39 is 11.6 Å². The molecule has 2 atom stereocenters. The van der Waals surface area contributed by atoms with Crippen LogP contribution in [0.2, 0.25) is 0 Å². The molecule has 9 nitrogen and oxygen atoms in total. The maximum absolute atomic E-state index is 16.6. The maximum atomic E-state index is 16.6. The topological polar surface area (TPSA) is 113 Å². The second kappa shape index (κ2) is 9.85. The predicted molar refractivity (Wildman–Crippen MR) is 148 cm³/mol. The molecular weight excluding hydrogens is 536 g/mol. The molecule has 0 aliphatic carbocycles. The van der Waals surface area contributed by atoms with Gasteiger partial charge in [0.2, 0.25) is 5.95 Å². The molecule has 3 aromatic heterocycles. The van der Waals surface area contributed by atoms with Gasteiger partial charge in [-0.2, -0.15) is 5.26 Å². The van der Waals surface area contributed by atoms with Gasteiger partial charge in [0.25, 0.3) is 0 Å². The Morgan fingerprint density at radius 1 is 1.20 bits per heavy atom. The number of nitrogen functional groups attached to an aromatic ring is 1. The molecule has 2 N–H and O–H groups in total.